The number of fused-ring (bicyclic) bond motifs is 4. The minimum Gasteiger partial charge on any atom is -0.324 e. The van der Waals surface area contributed by atoms with Gasteiger partial charge in [0.25, 0.3) is 0 Å². The van der Waals surface area contributed by atoms with Crippen LogP contribution in [0.1, 0.15) is 31.4 Å². The molecule has 4 atom stereocenters. The summed E-state index contributed by atoms with van der Waals surface area (Å²) in [5.74, 6) is -1.81. The molecule has 5 rings (SSSR count). The number of amides is 3. The molecule has 2 aromatic carbocycles. The summed E-state index contributed by atoms with van der Waals surface area (Å²) in [5.41, 5.74) is 1.08. The van der Waals surface area contributed by atoms with Gasteiger partial charge in [0.15, 0.2) is 0 Å². The summed E-state index contributed by atoms with van der Waals surface area (Å²) in [4.78, 5) is 42.0. The molecule has 7 heteroatoms. The molecule has 2 fully saturated rings. The molecule has 0 unspecified atom stereocenters. The number of rotatable bonds is 5. The molecular formula is C25H26ClN3O3. The number of anilines is 1. The van der Waals surface area contributed by atoms with Crippen LogP contribution in [0.25, 0.3) is 0 Å². The van der Waals surface area contributed by atoms with Crippen LogP contribution in [0.2, 0.25) is 5.02 Å². The summed E-state index contributed by atoms with van der Waals surface area (Å²) in [5, 5.41) is 6.85. The van der Waals surface area contributed by atoms with Crippen LogP contribution in [0.15, 0.2) is 48.5 Å². The zero-order valence-corrected chi connectivity index (χ0v) is 18.9. The Labute approximate surface area is 192 Å². The molecule has 2 saturated heterocycles. The number of nitrogens with one attached hydrogen (secondary N) is 2. The third-order valence-electron chi connectivity index (χ3n) is 6.96. The molecule has 2 N–H and O–H groups in total. The van der Waals surface area contributed by atoms with Crippen molar-refractivity contribution >= 4 is 35.0 Å². The molecule has 3 amide bonds. The molecule has 32 heavy (non-hydrogen) atoms. The number of nitrogens with zero attached hydrogens (tertiary/aromatic N) is 1. The maximum absolute atomic E-state index is 13.7. The predicted octanol–water partition coefficient (Wildman–Crippen LogP) is 3.35. The predicted molar refractivity (Wildman–Crippen MR) is 122 cm³/mol. The van der Waals surface area contributed by atoms with Crippen LogP contribution in [0, 0.1) is 17.8 Å². The van der Waals surface area contributed by atoms with Crippen LogP contribution in [-0.2, 0) is 26.3 Å². The molecule has 0 bridgehead atoms. The van der Waals surface area contributed by atoms with Gasteiger partial charge in [0.1, 0.15) is 5.54 Å². The van der Waals surface area contributed by atoms with Crippen LogP contribution in [0.5, 0.6) is 0 Å². The van der Waals surface area contributed by atoms with Crippen molar-refractivity contribution in [2.75, 3.05) is 11.9 Å². The maximum Gasteiger partial charge on any atom is 0.250 e. The van der Waals surface area contributed by atoms with Crippen LogP contribution in [0.4, 0.5) is 5.69 Å². The van der Waals surface area contributed by atoms with Crippen LogP contribution in [0.3, 0.4) is 0 Å². The summed E-state index contributed by atoms with van der Waals surface area (Å²) in [7, 11) is 0. The Kier molecular flexibility index (Phi) is 5.10. The second-order valence-corrected chi connectivity index (χ2v) is 9.84. The van der Waals surface area contributed by atoms with E-state index in [4.69, 9.17) is 11.6 Å². The van der Waals surface area contributed by atoms with Gasteiger partial charge in [-0.3, -0.25) is 24.6 Å². The van der Waals surface area contributed by atoms with Gasteiger partial charge in [-0.05, 0) is 42.5 Å². The Hall–Kier alpha value is -2.70. The van der Waals surface area contributed by atoms with Crippen molar-refractivity contribution in [3.63, 3.8) is 0 Å². The van der Waals surface area contributed by atoms with Gasteiger partial charge in [-0.1, -0.05) is 55.8 Å². The molecule has 0 saturated carbocycles. The molecule has 1 spiro atoms. The third-order valence-corrected chi connectivity index (χ3v) is 7.20. The van der Waals surface area contributed by atoms with E-state index in [1.807, 2.05) is 30.3 Å². The summed E-state index contributed by atoms with van der Waals surface area (Å²) in [6.07, 6.45) is 1.28. The number of imide groups is 1. The Morgan fingerprint density at radius 3 is 2.53 bits per heavy atom. The fraction of sp³-hybridized carbons (Fsp3) is 0.400. The van der Waals surface area contributed by atoms with Gasteiger partial charge in [0, 0.05) is 28.9 Å². The summed E-state index contributed by atoms with van der Waals surface area (Å²) in [6.45, 7) is 4.47. The van der Waals surface area contributed by atoms with E-state index in [1.54, 1.807) is 18.2 Å². The van der Waals surface area contributed by atoms with Gasteiger partial charge in [-0.2, -0.15) is 0 Å². The van der Waals surface area contributed by atoms with Gasteiger partial charge < -0.3 is 5.32 Å². The standard InChI is InChI=1S/C25H26ClN3O3/c1-14(2)12-19-20-21(23(31)29(22(20)30)11-10-15-6-4-3-5-7-15)25(28-19)17-13-16(26)8-9-18(17)27-24(25)32/h3-9,13-14,19-21,28H,10-12H2,1-2H3,(H,27,32)/t19-,20-,21+,25+/m1/s1. The molecule has 3 aliphatic rings. The van der Waals surface area contributed by atoms with Crippen LogP contribution < -0.4 is 10.6 Å². The van der Waals surface area contributed by atoms with Crippen molar-refractivity contribution in [1.82, 2.24) is 10.2 Å². The Balaban J connectivity index is 1.54. The molecule has 3 heterocycles. The van der Waals surface area contributed by atoms with Gasteiger partial charge in [-0.15, -0.1) is 0 Å². The first-order valence-corrected chi connectivity index (χ1v) is 11.5. The number of carbonyl (C=O) groups is 3. The van der Waals surface area contributed by atoms with Crippen molar-refractivity contribution in [2.24, 2.45) is 17.8 Å². The highest BCUT2D eigenvalue weighted by Crippen LogP contribution is 2.54. The minimum atomic E-state index is -1.28. The highest BCUT2D eigenvalue weighted by molar-refractivity contribution is 6.31. The normalized spacial score (nSPS) is 28.6. The smallest absolute Gasteiger partial charge is 0.250 e. The molecule has 2 aromatic rings. The fourth-order valence-electron chi connectivity index (χ4n) is 5.65. The number of likely N-dealkylation sites (tertiary alicyclic amines) is 1. The fourth-order valence-corrected chi connectivity index (χ4v) is 5.82. The lowest BCUT2D eigenvalue weighted by molar-refractivity contribution is -0.142. The molecule has 3 aliphatic heterocycles. The average molecular weight is 452 g/mol. The topological polar surface area (TPSA) is 78.5 Å². The summed E-state index contributed by atoms with van der Waals surface area (Å²) < 4.78 is 0. The second kappa shape index (κ2) is 7.71. The van der Waals surface area contributed by atoms with E-state index in [0.29, 0.717) is 41.6 Å². The number of benzene rings is 2. The first kappa shape index (κ1) is 21.2. The lowest BCUT2D eigenvalue weighted by atomic mass is 9.76. The zero-order valence-electron chi connectivity index (χ0n) is 18.1. The van der Waals surface area contributed by atoms with E-state index in [-0.39, 0.29) is 23.8 Å². The molecular weight excluding hydrogens is 426 g/mol. The van der Waals surface area contributed by atoms with Gasteiger partial charge >= 0.3 is 0 Å². The summed E-state index contributed by atoms with van der Waals surface area (Å²) >= 11 is 6.28. The van der Waals surface area contributed by atoms with Crippen molar-refractivity contribution < 1.29 is 14.4 Å². The van der Waals surface area contributed by atoms with Crippen molar-refractivity contribution in [3.05, 3.63) is 64.7 Å². The second-order valence-electron chi connectivity index (χ2n) is 9.40. The first-order chi connectivity index (χ1) is 15.3. The van der Waals surface area contributed by atoms with Gasteiger partial charge in [0.05, 0.1) is 11.8 Å². The number of carbonyl (C=O) groups excluding carboxylic acids is 3. The van der Waals surface area contributed by atoms with E-state index >= 15 is 0 Å². The Bertz CT molecular complexity index is 1100. The van der Waals surface area contributed by atoms with Crippen LogP contribution >= 0.6 is 11.6 Å². The average Bonchev–Trinajstić information content (AvgIpc) is 3.32. The minimum absolute atomic E-state index is 0.186. The van der Waals surface area contributed by atoms with Crippen molar-refractivity contribution in [3.8, 4) is 0 Å². The largest absolute Gasteiger partial charge is 0.324 e. The van der Waals surface area contributed by atoms with E-state index in [1.165, 1.54) is 4.90 Å². The quantitative estimate of drug-likeness (QED) is 0.683. The third kappa shape index (κ3) is 3.08. The molecule has 6 nitrogen and oxygen atoms in total. The lowest BCUT2D eigenvalue weighted by Gasteiger charge is -2.30. The highest BCUT2D eigenvalue weighted by atomic mass is 35.5. The van der Waals surface area contributed by atoms with E-state index in [2.05, 4.69) is 24.5 Å². The number of hydrogen-bond acceptors (Lipinski definition) is 4. The Morgan fingerprint density at radius 1 is 1.06 bits per heavy atom. The molecule has 0 aliphatic carbocycles. The molecule has 0 radical (unpaired) electrons. The maximum atomic E-state index is 13.7. The summed E-state index contributed by atoms with van der Waals surface area (Å²) in [6, 6.07) is 14.7. The van der Waals surface area contributed by atoms with E-state index in [0.717, 1.165) is 5.56 Å². The monoisotopic (exact) mass is 451 g/mol. The van der Waals surface area contributed by atoms with Crippen LogP contribution in [-0.4, -0.2) is 35.2 Å². The lowest BCUT2D eigenvalue weighted by Crippen LogP contribution is -2.53. The van der Waals surface area contributed by atoms with E-state index in [9.17, 15) is 14.4 Å². The Morgan fingerprint density at radius 2 is 1.81 bits per heavy atom. The molecule has 0 aromatic heterocycles. The molecule has 166 valence electrons. The zero-order chi connectivity index (χ0) is 22.6. The highest BCUT2D eigenvalue weighted by Gasteiger charge is 2.70. The van der Waals surface area contributed by atoms with Crippen molar-refractivity contribution in [1.29, 1.82) is 0 Å². The first-order valence-electron chi connectivity index (χ1n) is 11.1. The van der Waals surface area contributed by atoms with Crippen molar-refractivity contribution in [2.45, 2.75) is 38.3 Å². The SMILES string of the molecule is CC(C)C[C@H]1N[C@]2(C(=O)Nc3ccc(Cl)cc32)[C@@H]2C(=O)N(CCc3ccccc3)C(=O)[C@@H]21. The van der Waals surface area contributed by atoms with Gasteiger partial charge in [-0.25, -0.2) is 0 Å². The number of halogens is 1. The number of hydrogen-bond donors (Lipinski definition) is 2. The van der Waals surface area contributed by atoms with E-state index < -0.39 is 17.4 Å². The van der Waals surface area contributed by atoms with Gasteiger partial charge in [0.2, 0.25) is 17.7 Å².